The highest BCUT2D eigenvalue weighted by atomic mass is 35.5. The van der Waals surface area contributed by atoms with Crippen LogP contribution in [0.3, 0.4) is 0 Å². The minimum absolute atomic E-state index is 0.261. The SMILES string of the molecule is N#CC(CCl)P(=S)(c1ccccc1)c1ccccc1. The summed E-state index contributed by atoms with van der Waals surface area (Å²) in [4.78, 5) is 0. The molecule has 0 bridgehead atoms. The van der Waals surface area contributed by atoms with Crippen LogP contribution >= 0.6 is 17.6 Å². The summed E-state index contributed by atoms with van der Waals surface area (Å²) in [5.74, 6) is 0.261. The van der Waals surface area contributed by atoms with Crippen LogP contribution in [0, 0.1) is 11.3 Å². The molecule has 0 amide bonds. The first-order valence-corrected chi connectivity index (χ1v) is 9.30. The molecular formula is C15H13ClNPS. The molecule has 0 fully saturated rings. The number of hydrogen-bond donors (Lipinski definition) is 0. The largest absolute Gasteiger partial charge is 0.198 e. The topological polar surface area (TPSA) is 23.8 Å². The third-order valence-corrected chi connectivity index (χ3v) is 8.87. The summed E-state index contributed by atoms with van der Waals surface area (Å²) in [6.07, 6.45) is 0. The Morgan fingerprint density at radius 1 is 1.00 bits per heavy atom. The van der Waals surface area contributed by atoms with Gasteiger partial charge in [0.05, 0.1) is 11.7 Å². The van der Waals surface area contributed by atoms with Crippen LogP contribution in [0.5, 0.6) is 0 Å². The number of nitrogens with zero attached hydrogens (tertiary/aromatic N) is 1. The summed E-state index contributed by atoms with van der Waals surface area (Å²) in [7, 11) is 0. The molecule has 0 spiro atoms. The Bertz CT molecular complexity index is 578. The van der Waals surface area contributed by atoms with E-state index >= 15 is 0 Å². The molecule has 2 aromatic carbocycles. The number of rotatable bonds is 4. The van der Waals surface area contributed by atoms with E-state index in [0.29, 0.717) is 0 Å². The lowest BCUT2D eigenvalue weighted by Crippen LogP contribution is -2.25. The molecule has 0 aliphatic carbocycles. The molecule has 0 aromatic heterocycles. The maximum absolute atomic E-state index is 9.41. The summed E-state index contributed by atoms with van der Waals surface area (Å²) in [5, 5.41) is 11.5. The summed E-state index contributed by atoms with van der Waals surface area (Å²) in [6, 6.07) is 19.9. The van der Waals surface area contributed by atoms with Gasteiger partial charge in [-0.15, -0.1) is 11.6 Å². The van der Waals surface area contributed by atoms with Gasteiger partial charge in [-0.1, -0.05) is 72.5 Å². The van der Waals surface area contributed by atoms with Crippen LogP contribution in [0.2, 0.25) is 0 Å². The molecule has 0 saturated heterocycles. The van der Waals surface area contributed by atoms with E-state index in [1.807, 2.05) is 60.7 Å². The zero-order valence-corrected chi connectivity index (χ0v) is 12.7. The summed E-state index contributed by atoms with van der Waals surface area (Å²) in [6.45, 7) is 0. The number of alkyl halides is 1. The summed E-state index contributed by atoms with van der Waals surface area (Å²) >= 11 is 11.9. The van der Waals surface area contributed by atoms with Crippen molar-refractivity contribution in [2.45, 2.75) is 5.66 Å². The van der Waals surface area contributed by atoms with E-state index in [-0.39, 0.29) is 11.5 Å². The third kappa shape index (κ3) is 2.74. The van der Waals surface area contributed by atoms with Crippen LogP contribution in [0.1, 0.15) is 0 Å². The van der Waals surface area contributed by atoms with Gasteiger partial charge in [0.1, 0.15) is 0 Å². The smallest absolute Gasteiger partial charge is 0.0963 e. The van der Waals surface area contributed by atoms with Crippen molar-refractivity contribution in [3.8, 4) is 6.07 Å². The molecule has 1 atom stereocenters. The van der Waals surface area contributed by atoms with Gasteiger partial charge >= 0.3 is 0 Å². The Morgan fingerprint density at radius 2 is 1.42 bits per heavy atom. The Hall–Kier alpha value is -1.13. The molecule has 1 unspecified atom stereocenters. The highest BCUT2D eigenvalue weighted by Crippen LogP contribution is 2.49. The fourth-order valence-corrected chi connectivity index (χ4v) is 6.66. The van der Waals surface area contributed by atoms with Gasteiger partial charge < -0.3 is 0 Å². The van der Waals surface area contributed by atoms with E-state index in [4.69, 9.17) is 23.4 Å². The first-order valence-electron chi connectivity index (χ1n) is 5.90. The lowest BCUT2D eigenvalue weighted by Gasteiger charge is -2.26. The number of nitriles is 1. The molecule has 0 aliphatic rings. The minimum Gasteiger partial charge on any atom is -0.198 e. The average molecular weight is 306 g/mol. The predicted molar refractivity (Wildman–Crippen MR) is 86.6 cm³/mol. The minimum atomic E-state index is -2.19. The van der Waals surface area contributed by atoms with E-state index in [1.54, 1.807) is 0 Å². The summed E-state index contributed by atoms with van der Waals surface area (Å²) in [5.41, 5.74) is -0.339. The molecule has 0 heterocycles. The van der Waals surface area contributed by atoms with Crippen LogP contribution in [-0.4, -0.2) is 11.5 Å². The molecule has 96 valence electrons. The van der Waals surface area contributed by atoms with Gasteiger partial charge in [-0.25, -0.2) is 0 Å². The molecular weight excluding hydrogens is 293 g/mol. The standard InChI is InChI=1S/C15H13ClNPS/c16-11-15(12-17)18(19,13-7-3-1-4-8-13)14-9-5-2-6-10-14/h1-10,15H,11H2. The lowest BCUT2D eigenvalue weighted by molar-refractivity contribution is 1.24. The van der Waals surface area contributed by atoms with Gasteiger partial charge in [0.2, 0.25) is 0 Å². The Kier molecular flexibility index (Phi) is 4.77. The van der Waals surface area contributed by atoms with Crippen LogP contribution in [0.4, 0.5) is 0 Å². The molecule has 0 aliphatic heterocycles. The van der Waals surface area contributed by atoms with Crippen molar-refractivity contribution in [1.82, 2.24) is 0 Å². The number of halogens is 1. The Balaban J connectivity index is 2.65. The molecule has 2 aromatic rings. The fraction of sp³-hybridized carbons (Fsp3) is 0.133. The maximum Gasteiger partial charge on any atom is 0.0963 e. The van der Waals surface area contributed by atoms with Crippen LogP contribution in [0.25, 0.3) is 0 Å². The van der Waals surface area contributed by atoms with Crippen molar-refractivity contribution < 1.29 is 0 Å². The van der Waals surface area contributed by atoms with Crippen molar-refractivity contribution in [1.29, 1.82) is 5.26 Å². The van der Waals surface area contributed by atoms with Gasteiger partial charge in [-0.2, -0.15) is 5.26 Å². The van der Waals surface area contributed by atoms with Crippen LogP contribution in [-0.2, 0) is 11.8 Å². The molecule has 0 saturated carbocycles. The van der Waals surface area contributed by atoms with Crippen LogP contribution < -0.4 is 10.6 Å². The lowest BCUT2D eigenvalue weighted by atomic mass is 10.4. The zero-order valence-electron chi connectivity index (χ0n) is 10.2. The monoisotopic (exact) mass is 305 g/mol. The normalized spacial score (nSPS) is 12.6. The van der Waals surface area contributed by atoms with E-state index in [9.17, 15) is 5.26 Å². The van der Waals surface area contributed by atoms with Crippen molar-refractivity contribution >= 4 is 40.1 Å². The van der Waals surface area contributed by atoms with E-state index < -0.39 is 6.04 Å². The molecule has 4 heteroatoms. The Morgan fingerprint density at radius 3 is 1.74 bits per heavy atom. The third-order valence-electron chi connectivity index (χ3n) is 3.01. The maximum atomic E-state index is 9.41. The highest BCUT2D eigenvalue weighted by Gasteiger charge is 2.31. The van der Waals surface area contributed by atoms with E-state index in [0.717, 1.165) is 10.6 Å². The van der Waals surface area contributed by atoms with E-state index in [2.05, 4.69) is 6.07 Å². The fourth-order valence-electron chi connectivity index (χ4n) is 2.02. The van der Waals surface area contributed by atoms with Crippen molar-refractivity contribution in [3.05, 3.63) is 60.7 Å². The van der Waals surface area contributed by atoms with Gasteiger partial charge in [0, 0.05) is 11.9 Å². The Labute approximate surface area is 123 Å². The van der Waals surface area contributed by atoms with Crippen molar-refractivity contribution in [3.63, 3.8) is 0 Å². The molecule has 19 heavy (non-hydrogen) atoms. The first-order chi connectivity index (χ1) is 9.23. The first kappa shape index (κ1) is 14.3. The van der Waals surface area contributed by atoms with Gasteiger partial charge in [0.15, 0.2) is 0 Å². The molecule has 0 N–H and O–H groups in total. The van der Waals surface area contributed by atoms with Crippen molar-refractivity contribution in [2.75, 3.05) is 5.88 Å². The second kappa shape index (κ2) is 6.35. The van der Waals surface area contributed by atoms with Crippen LogP contribution in [0.15, 0.2) is 60.7 Å². The van der Waals surface area contributed by atoms with Gasteiger partial charge in [0.25, 0.3) is 0 Å². The molecule has 1 nitrogen and oxygen atoms in total. The molecule has 0 radical (unpaired) electrons. The quantitative estimate of drug-likeness (QED) is 0.639. The average Bonchev–Trinajstić information content (AvgIpc) is 2.50. The highest BCUT2D eigenvalue weighted by molar-refractivity contribution is 8.22. The summed E-state index contributed by atoms with van der Waals surface area (Å²) < 4.78 is 0. The van der Waals surface area contributed by atoms with Crippen molar-refractivity contribution in [2.24, 2.45) is 0 Å². The van der Waals surface area contributed by atoms with Gasteiger partial charge in [-0.05, 0) is 10.6 Å². The second-order valence-corrected chi connectivity index (χ2v) is 9.14. The second-order valence-electron chi connectivity index (χ2n) is 4.13. The van der Waals surface area contributed by atoms with E-state index in [1.165, 1.54) is 0 Å². The predicted octanol–water partition coefficient (Wildman–Crippen LogP) is 3.25. The zero-order chi connectivity index (χ0) is 13.7. The number of benzene rings is 2. The van der Waals surface area contributed by atoms with Gasteiger partial charge in [-0.3, -0.25) is 0 Å². The number of hydrogen-bond acceptors (Lipinski definition) is 2. The molecule has 2 rings (SSSR count).